The number of hydrogen-bond acceptors (Lipinski definition) is 3. The predicted octanol–water partition coefficient (Wildman–Crippen LogP) is 2.35. The molecule has 2 fully saturated rings. The van der Waals surface area contributed by atoms with Gasteiger partial charge in [0.2, 0.25) is 5.91 Å². The Morgan fingerprint density at radius 2 is 2.00 bits per heavy atom. The number of carbonyl (C=O) groups is 1. The number of nitrogens with zero attached hydrogens (tertiary/aromatic N) is 1. The minimum atomic E-state index is -3.10. The van der Waals surface area contributed by atoms with Crippen molar-refractivity contribution in [2.24, 2.45) is 5.92 Å². The van der Waals surface area contributed by atoms with Crippen LogP contribution in [0.3, 0.4) is 0 Å². The highest BCUT2D eigenvalue weighted by Crippen LogP contribution is 2.53. The molecule has 1 aliphatic carbocycles. The molecule has 120 valence electrons. The second-order valence-corrected chi connectivity index (χ2v) is 8.88. The number of fused-ring (bicyclic) bond motifs is 1. The lowest BCUT2D eigenvalue weighted by Crippen LogP contribution is -2.67. The number of likely N-dealkylation sites (tertiary alicyclic amines) is 1. The molecule has 1 heterocycles. The summed E-state index contributed by atoms with van der Waals surface area (Å²) in [6.45, 7) is 0.775. The van der Waals surface area contributed by atoms with Crippen LogP contribution in [0.15, 0.2) is 30.3 Å². The van der Waals surface area contributed by atoms with Gasteiger partial charge in [0, 0.05) is 25.1 Å². The Hall–Kier alpha value is -1.36. The Morgan fingerprint density at radius 3 is 2.64 bits per heavy atom. The van der Waals surface area contributed by atoms with E-state index in [-0.39, 0.29) is 23.6 Å². The molecule has 1 aliphatic heterocycles. The van der Waals surface area contributed by atoms with Crippen LogP contribution < -0.4 is 0 Å². The summed E-state index contributed by atoms with van der Waals surface area (Å²) in [5.41, 5.74) is 1.02. The van der Waals surface area contributed by atoms with E-state index in [2.05, 4.69) is 12.1 Å². The molecular weight excluding hydrogens is 298 g/mol. The molecule has 0 spiro atoms. The van der Waals surface area contributed by atoms with Gasteiger partial charge in [-0.3, -0.25) is 4.79 Å². The second-order valence-electron chi connectivity index (χ2n) is 6.62. The summed E-state index contributed by atoms with van der Waals surface area (Å²) in [5, 5.41) is 0. The van der Waals surface area contributed by atoms with Crippen LogP contribution in [0.1, 0.15) is 37.7 Å². The Morgan fingerprint density at radius 1 is 1.27 bits per heavy atom. The lowest BCUT2D eigenvalue weighted by atomic mass is 9.61. The molecule has 22 heavy (non-hydrogen) atoms. The lowest BCUT2D eigenvalue weighted by Gasteiger charge is -2.61. The third-order valence-electron chi connectivity index (χ3n) is 5.18. The van der Waals surface area contributed by atoms with Crippen LogP contribution >= 0.6 is 0 Å². The highest BCUT2D eigenvalue weighted by molar-refractivity contribution is 7.90. The van der Waals surface area contributed by atoms with Gasteiger partial charge in [-0.05, 0) is 18.4 Å². The van der Waals surface area contributed by atoms with Gasteiger partial charge in [-0.1, -0.05) is 43.2 Å². The molecule has 2 unspecified atom stereocenters. The fourth-order valence-corrected chi connectivity index (χ4v) is 4.64. The van der Waals surface area contributed by atoms with Gasteiger partial charge >= 0.3 is 0 Å². The van der Waals surface area contributed by atoms with E-state index < -0.39 is 9.84 Å². The molecule has 2 atom stereocenters. The zero-order valence-electron chi connectivity index (χ0n) is 13.0. The minimum absolute atomic E-state index is 0.0209. The minimum Gasteiger partial charge on any atom is -0.332 e. The van der Waals surface area contributed by atoms with E-state index in [1.165, 1.54) is 18.2 Å². The van der Waals surface area contributed by atoms with Crippen LogP contribution in [0, 0.1) is 5.92 Å². The highest BCUT2D eigenvalue weighted by atomic mass is 32.2. The van der Waals surface area contributed by atoms with E-state index in [0.29, 0.717) is 5.92 Å². The summed E-state index contributed by atoms with van der Waals surface area (Å²) >= 11 is 0. The molecule has 5 heteroatoms. The molecule has 1 saturated carbocycles. The fraction of sp³-hybridized carbons (Fsp3) is 0.588. The maximum absolute atomic E-state index is 12.6. The smallest absolute Gasteiger partial charge is 0.224 e. The largest absolute Gasteiger partial charge is 0.332 e. The van der Waals surface area contributed by atoms with Crippen molar-refractivity contribution in [2.45, 2.75) is 37.6 Å². The summed E-state index contributed by atoms with van der Waals surface area (Å²) in [6, 6.07) is 10.2. The van der Waals surface area contributed by atoms with Crippen LogP contribution in [0.5, 0.6) is 0 Å². The zero-order chi connectivity index (χ0) is 15.8. The highest BCUT2D eigenvalue weighted by Gasteiger charge is 2.56. The van der Waals surface area contributed by atoms with E-state index in [1.807, 2.05) is 23.1 Å². The monoisotopic (exact) mass is 321 g/mol. The molecule has 4 nitrogen and oxygen atoms in total. The molecule has 1 amide bonds. The summed E-state index contributed by atoms with van der Waals surface area (Å²) in [4.78, 5) is 14.5. The Kier molecular flexibility index (Phi) is 4.02. The topological polar surface area (TPSA) is 54.5 Å². The zero-order valence-corrected chi connectivity index (χ0v) is 13.8. The van der Waals surface area contributed by atoms with Gasteiger partial charge in [0.15, 0.2) is 0 Å². The maximum atomic E-state index is 12.6. The molecule has 0 bridgehead atoms. The first-order valence-electron chi connectivity index (χ1n) is 7.97. The quantitative estimate of drug-likeness (QED) is 0.855. The fourth-order valence-electron chi connectivity index (χ4n) is 4.09. The maximum Gasteiger partial charge on any atom is 0.224 e. The summed E-state index contributed by atoms with van der Waals surface area (Å²) < 4.78 is 22.7. The van der Waals surface area contributed by atoms with E-state index in [1.54, 1.807) is 0 Å². The van der Waals surface area contributed by atoms with Crippen molar-refractivity contribution >= 4 is 15.7 Å². The van der Waals surface area contributed by atoms with Crippen molar-refractivity contribution in [1.29, 1.82) is 0 Å². The molecule has 0 radical (unpaired) electrons. The van der Waals surface area contributed by atoms with E-state index >= 15 is 0 Å². The average molecular weight is 321 g/mol. The molecule has 1 aromatic carbocycles. The molecular formula is C17H23NO3S. The van der Waals surface area contributed by atoms with E-state index in [0.717, 1.165) is 25.8 Å². The first-order valence-corrected chi connectivity index (χ1v) is 10.0. The summed E-state index contributed by atoms with van der Waals surface area (Å²) in [5.74, 6) is 0.441. The van der Waals surface area contributed by atoms with Crippen molar-refractivity contribution in [3.8, 4) is 0 Å². The Bertz CT molecular complexity index is 656. The van der Waals surface area contributed by atoms with E-state index in [9.17, 15) is 13.2 Å². The third kappa shape index (κ3) is 2.67. The predicted molar refractivity (Wildman–Crippen MR) is 86.1 cm³/mol. The van der Waals surface area contributed by atoms with Gasteiger partial charge in [-0.25, -0.2) is 8.42 Å². The van der Waals surface area contributed by atoms with Crippen molar-refractivity contribution in [2.75, 3.05) is 18.6 Å². The van der Waals surface area contributed by atoms with Gasteiger partial charge in [0.25, 0.3) is 0 Å². The van der Waals surface area contributed by atoms with Gasteiger partial charge in [0.1, 0.15) is 9.84 Å². The van der Waals surface area contributed by atoms with Crippen LogP contribution in [0.25, 0.3) is 0 Å². The molecule has 1 aromatic rings. The van der Waals surface area contributed by atoms with Gasteiger partial charge in [-0.15, -0.1) is 0 Å². The van der Waals surface area contributed by atoms with Gasteiger partial charge in [0.05, 0.1) is 11.3 Å². The normalized spacial score (nSPS) is 27.9. The molecule has 2 aliphatic rings. The van der Waals surface area contributed by atoms with Crippen LogP contribution in [-0.2, 0) is 20.2 Å². The van der Waals surface area contributed by atoms with E-state index in [4.69, 9.17) is 0 Å². The van der Waals surface area contributed by atoms with Crippen LogP contribution in [0.4, 0.5) is 0 Å². The van der Waals surface area contributed by atoms with Gasteiger partial charge in [-0.2, -0.15) is 0 Å². The number of sulfone groups is 1. The lowest BCUT2D eigenvalue weighted by molar-refractivity contribution is -0.166. The van der Waals surface area contributed by atoms with Crippen LogP contribution in [-0.4, -0.2) is 37.8 Å². The average Bonchev–Trinajstić information content (AvgIpc) is 2.47. The van der Waals surface area contributed by atoms with Crippen molar-refractivity contribution in [1.82, 2.24) is 4.90 Å². The molecule has 0 aromatic heterocycles. The number of hydrogen-bond donors (Lipinski definition) is 0. The van der Waals surface area contributed by atoms with Crippen molar-refractivity contribution in [3.63, 3.8) is 0 Å². The Balaban J connectivity index is 1.84. The van der Waals surface area contributed by atoms with Crippen molar-refractivity contribution in [3.05, 3.63) is 35.9 Å². The summed E-state index contributed by atoms with van der Waals surface area (Å²) in [6.07, 6.45) is 5.79. The standard InChI is InChI=1S/C17H23NO3S/c1-22(20,21)12-10-16(19)18-13-15-9-5-6-11-17(15,18)14-7-3-2-4-8-14/h2-4,7-8,15H,5-6,9-13H2,1H3. The SMILES string of the molecule is CS(=O)(=O)CCC(=O)N1CC2CCCCC21c1ccccc1. The first kappa shape index (κ1) is 15.5. The molecule has 0 N–H and O–H groups in total. The van der Waals surface area contributed by atoms with Crippen LogP contribution in [0.2, 0.25) is 0 Å². The number of carbonyl (C=O) groups excluding carboxylic acids is 1. The second kappa shape index (κ2) is 5.69. The van der Waals surface area contributed by atoms with Gasteiger partial charge < -0.3 is 4.90 Å². The summed E-state index contributed by atoms with van der Waals surface area (Å²) in [7, 11) is -3.10. The Labute approximate surface area is 132 Å². The van der Waals surface area contributed by atoms with Crippen molar-refractivity contribution < 1.29 is 13.2 Å². The first-order chi connectivity index (χ1) is 10.4. The number of rotatable bonds is 4. The molecule has 3 rings (SSSR count). The third-order valence-corrected chi connectivity index (χ3v) is 6.13. The molecule has 1 saturated heterocycles. The number of benzene rings is 1. The number of amides is 1.